The Morgan fingerprint density at radius 2 is 1.80 bits per heavy atom. The molecular weight excluding hydrogens is 246 g/mol. The minimum Gasteiger partial charge on any atom is -0.319 e. The third-order valence-corrected chi connectivity index (χ3v) is 3.53. The van der Waals surface area contributed by atoms with Gasteiger partial charge in [0.25, 0.3) is 0 Å². The van der Waals surface area contributed by atoms with Gasteiger partial charge in [0, 0.05) is 23.7 Å². The first-order chi connectivity index (χ1) is 9.63. The van der Waals surface area contributed by atoms with Crippen molar-refractivity contribution in [2.45, 2.75) is 33.1 Å². The van der Waals surface area contributed by atoms with Gasteiger partial charge in [-0.1, -0.05) is 36.8 Å². The molecule has 0 saturated heterocycles. The maximum atomic E-state index is 4.77. The molecule has 2 aromatic rings. The zero-order chi connectivity index (χ0) is 14.5. The normalized spacial score (nSPS) is 12.4. The molecule has 0 spiro atoms. The molecule has 0 saturated carbocycles. The van der Waals surface area contributed by atoms with Crippen molar-refractivity contribution in [1.29, 1.82) is 0 Å². The van der Waals surface area contributed by atoms with E-state index in [4.69, 9.17) is 4.98 Å². The lowest BCUT2D eigenvalue weighted by Crippen LogP contribution is -2.19. The average Bonchev–Trinajstić information content (AvgIpc) is 2.44. The summed E-state index contributed by atoms with van der Waals surface area (Å²) < 4.78 is 0. The van der Waals surface area contributed by atoms with Crippen LogP contribution in [-0.2, 0) is 0 Å². The summed E-state index contributed by atoms with van der Waals surface area (Å²) in [7, 11) is 1.97. The van der Waals surface area contributed by atoms with E-state index in [2.05, 4.69) is 54.5 Å². The lowest BCUT2D eigenvalue weighted by molar-refractivity contribution is 0.579. The summed E-state index contributed by atoms with van der Waals surface area (Å²) in [4.78, 5) is 9.39. The van der Waals surface area contributed by atoms with Gasteiger partial charge in [-0.3, -0.25) is 0 Å². The van der Waals surface area contributed by atoms with Gasteiger partial charge in [-0.15, -0.1) is 0 Å². The van der Waals surface area contributed by atoms with Crippen LogP contribution in [0.2, 0.25) is 0 Å². The van der Waals surface area contributed by atoms with Gasteiger partial charge in [0.15, 0.2) is 0 Å². The number of likely N-dealkylation sites (N-methyl/N-ethyl adjacent to an activating group) is 1. The molecule has 0 amide bonds. The van der Waals surface area contributed by atoms with E-state index in [1.54, 1.807) is 0 Å². The Morgan fingerprint density at radius 3 is 2.40 bits per heavy atom. The Morgan fingerprint density at radius 1 is 1.10 bits per heavy atom. The van der Waals surface area contributed by atoms with Gasteiger partial charge < -0.3 is 5.32 Å². The highest BCUT2D eigenvalue weighted by Gasteiger charge is 2.13. The second-order valence-corrected chi connectivity index (χ2v) is 5.28. The predicted molar refractivity (Wildman–Crippen MR) is 83.9 cm³/mol. The van der Waals surface area contributed by atoms with E-state index < -0.39 is 0 Å². The van der Waals surface area contributed by atoms with Crippen LogP contribution in [0.3, 0.4) is 0 Å². The molecule has 1 aromatic heterocycles. The van der Waals surface area contributed by atoms with Crippen molar-refractivity contribution < 1.29 is 0 Å². The van der Waals surface area contributed by atoms with Crippen molar-refractivity contribution in [3.05, 3.63) is 47.4 Å². The Hall–Kier alpha value is -1.74. The summed E-state index contributed by atoms with van der Waals surface area (Å²) in [6, 6.07) is 10.6. The maximum Gasteiger partial charge on any atom is 0.133 e. The van der Waals surface area contributed by atoms with Crippen LogP contribution in [0.15, 0.2) is 30.3 Å². The molecule has 0 radical (unpaired) electrons. The number of hydrogen-bond acceptors (Lipinski definition) is 3. The number of nitrogens with one attached hydrogen (secondary N) is 1. The smallest absolute Gasteiger partial charge is 0.133 e. The summed E-state index contributed by atoms with van der Waals surface area (Å²) in [6.45, 7) is 7.22. The first kappa shape index (κ1) is 14.7. The molecule has 0 bridgehead atoms. The second-order valence-electron chi connectivity index (χ2n) is 5.28. The number of hydrogen-bond donors (Lipinski definition) is 1. The highest BCUT2D eigenvalue weighted by molar-refractivity contribution is 5.59. The van der Waals surface area contributed by atoms with Crippen molar-refractivity contribution in [2.24, 2.45) is 0 Å². The van der Waals surface area contributed by atoms with Crippen molar-refractivity contribution in [3.63, 3.8) is 0 Å². The van der Waals surface area contributed by atoms with E-state index in [1.165, 1.54) is 5.56 Å². The molecule has 1 aromatic carbocycles. The Kier molecular flexibility index (Phi) is 4.85. The topological polar surface area (TPSA) is 37.8 Å². The molecule has 1 N–H and O–H groups in total. The highest BCUT2D eigenvalue weighted by Crippen LogP contribution is 2.22. The van der Waals surface area contributed by atoms with Crippen molar-refractivity contribution in [2.75, 3.05) is 13.6 Å². The van der Waals surface area contributed by atoms with Gasteiger partial charge in [-0.05, 0) is 33.4 Å². The molecular formula is C17H23N3. The van der Waals surface area contributed by atoms with Gasteiger partial charge in [0.2, 0.25) is 0 Å². The highest BCUT2D eigenvalue weighted by atomic mass is 14.9. The molecule has 1 atom stereocenters. The molecule has 0 fully saturated rings. The largest absolute Gasteiger partial charge is 0.319 e. The third kappa shape index (κ3) is 3.42. The van der Waals surface area contributed by atoms with Gasteiger partial charge in [-0.2, -0.15) is 0 Å². The van der Waals surface area contributed by atoms with E-state index in [9.17, 15) is 0 Å². The van der Waals surface area contributed by atoms with Crippen molar-refractivity contribution in [3.8, 4) is 11.3 Å². The molecule has 0 aliphatic heterocycles. The maximum absolute atomic E-state index is 4.77. The van der Waals surface area contributed by atoms with Gasteiger partial charge in [-0.25, -0.2) is 9.97 Å². The summed E-state index contributed by atoms with van der Waals surface area (Å²) in [5.74, 6) is 1.31. The zero-order valence-corrected chi connectivity index (χ0v) is 12.8. The minimum atomic E-state index is 0.365. The van der Waals surface area contributed by atoms with Gasteiger partial charge >= 0.3 is 0 Å². The third-order valence-electron chi connectivity index (χ3n) is 3.53. The molecule has 1 heterocycles. The lowest BCUT2D eigenvalue weighted by Gasteiger charge is -2.14. The van der Waals surface area contributed by atoms with Crippen LogP contribution in [0.25, 0.3) is 11.3 Å². The summed E-state index contributed by atoms with van der Waals surface area (Å²) in [5, 5.41) is 3.22. The van der Waals surface area contributed by atoms with Gasteiger partial charge in [0.05, 0.1) is 5.69 Å². The van der Waals surface area contributed by atoms with Gasteiger partial charge in [0.1, 0.15) is 5.82 Å². The summed E-state index contributed by atoms with van der Waals surface area (Å²) in [6.07, 6.45) is 1.04. The van der Waals surface area contributed by atoms with E-state index >= 15 is 0 Å². The fourth-order valence-corrected chi connectivity index (χ4v) is 2.31. The molecule has 106 valence electrons. The van der Waals surface area contributed by atoms with Crippen LogP contribution in [0.1, 0.15) is 36.3 Å². The Labute approximate surface area is 121 Å². The monoisotopic (exact) mass is 269 g/mol. The number of benzene rings is 1. The van der Waals surface area contributed by atoms with Crippen molar-refractivity contribution in [1.82, 2.24) is 15.3 Å². The molecule has 20 heavy (non-hydrogen) atoms. The molecule has 3 heteroatoms. The number of aromatic nitrogens is 2. The number of nitrogens with zero attached hydrogens (tertiary/aromatic N) is 2. The molecule has 2 rings (SSSR count). The van der Waals surface area contributed by atoms with E-state index in [1.807, 2.05) is 14.0 Å². The Balaban J connectivity index is 2.39. The van der Waals surface area contributed by atoms with Crippen LogP contribution in [-0.4, -0.2) is 23.6 Å². The lowest BCUT2D eigenvalue weighted by atomic mass is 10.0. The van der Waals surface area contributed by atoms with Crippen LogP contribution in [0.4, 0.5) is 0 Å². The van der Waals surface area contributed by atoms with E-state index in [0.29, 0.717) is 5.92 Å². The summed E-state index contributed by atoms with van der Waals surface area (Å²) >= 11 is 0. The number of aryl methyl sites for hydroxylation is 2. The first-order valence-corrected chi connectivity index (χ1v) is 7.21. The van der Waals surface area contributed by atoms with E-state index in [0.717, 1.165) is 35.7 Å². The minimum absolute atomic E-state index is 0.365. The molecule has 0 aliphatic carbocycles. The summed E-state index contributed by atoms with van der Waals surface area (Å²) in [5.41, 5.74) is 4.46. The fraction of sp³-hybridized carbons (Fsp3) is 0.412. The molecule has 1 unspecified atom stereocenters. The van der Waals surface area contributed by atoms with Crippen molar-refractivity contribution >= 4 is 0 Å². The zero-order valence-electron chi connectivity index (χ0n) is 12.8. The standard InChI is InChI=1S/C17H23N3/c1-5-14(11-18-4)17-19-13(3)10-16(20-17)15-8-6-12(2)7-9-15/h6-10,14,18H,5,11H2,1-4H3. The average molecular weight is 269 g/mol. The SMILES string of the molecule is CCC(CNC)c1nc(C)cc(-c2ccc(C)cc2)n1. The molecule has 0 aliphatic rings. The Bertz CT molecular complexity index is 561. The quantitative estimate of drug-likeness (QED) is 0.903. The van der Waals surface area contributed by atoms with Crippen LogP contribution in [0, 0.1) is 13.8 Å². The fourth-order valence-electron chi connectivity index (χ4n) is 2.31. The van der Waals surface area contributed by atoms with E-state index in [-0.39, 0.29) is 0 Å². The van der Waals surface area contributed by atoms with Crippen LogP contribution < -0.4 is 5.32 Å². The van der Waals surface area contributed by atoms with Crippen LogP contribution in [0.5, 0.6) is 0 Å². The first-order valence-electron chi connectivity index (χ1n) is 7.21. The number of rotatable bonds is 5. The predicted octanol–water partition coefficient (Wildman–Crippen LogP) is 3.47. The molecule has 3 nitrogen and oxygen atoms in total. The van der Waals surface area contributed by atoms with Crippen LogP contribution >= 0.6 is 0 Å². The second kappa shape index (κ2) is 6.62.